The molecule has 2 N–H and O–H groups in total. The summed E-state index contributed by atoms with van der Waals surface area (Å²) in [4.78, 5) is 0. The summed E-state index contributed by atoms with van der Waals surface area (Å²) in [6.07, 6.45) is 6.70. The Morgan fingerprint density at radius 3 is 2.08 bits per heavy atom. The monoisotopic (exact) mass is 188 g/mol. The van der Waals surface area contributed by atoms with Crippen molar-refractivity contribution in [3.63, 3.8) is 0 Å². The molecule has 0 amide bonds. The quantitative estimate of drug-likeness (QED) is 0.574. The van der Waals surface area contributed by atoms with Gasteiger partial charge in [0.25, 0.3) is 0 Å². The maximum absolute atomic E-state index is 9.51. The van der Waals surface area contributed by atoms with Gasteiger partial charge in [-0.1, -0.05) is 26.2 Å². The molecule has 0 bridgehead atoms. The van der Waals surface area contributed by atoms with Gasteiger partial charge in [0.15, 0.2) is 0 Å². The molecule has 2 nitrogen and oxygen atoms in total. The van der Waals surface area contributed by atoms with Gasteiger partial charge in [0.2, 0.25) is 0 Å². The van der Waals surface area contributed by atoms with Gasteiger partial charge >= 0.3 is 0 Å². The molecule has 0 saturated carbocycles. The second kappa shape index (κ2) is 8.52. The summed E-state index contributed by atoms with van der Waals surface area (Å²) in [6.45, 7) is 3.96. The predicted molar refractivity (Wildman–Crippen MR) is 55.7 cm³/mol. The third kappa shape index (κ3) is 9.84. The first-order valence-corrected chi connectivity index (χ1v) is 5.53. The first kappa shape index (κ1) is 12.9. The summed E-state index contributed by atoms with van der Waals surface area (Å²) in [5, 5.41) is 18.5. The van der Waals surface area contributed by atoms with E-state index in [1.165, 1.54) is 12.8 Å². The highest BCUT2D eigenvalue weighted by Crippen LogP contribution is 2.10. The molecule has 13 heavy (non-hydrogen) atoms. The molecule has 2 atom stereocenters. The first-order valence-electron chi connectivity index (χ1n) is 5.53. The van der Waals surface area contributed by atoms with Gasteiger partial charge in [-0.25, -0.2) is 0 Å². The second-order valence-corrected chi connectivity index (χ2v) is 3.93. The van der Waals surface area contributed by atoms with Crippen LogP contribution in [0.5, 0.6) is 0 Å². The molecule has 0 unspecified atom stereocenters. The van der Waals surface area contributed by atoms with E-state index in [-0.39, 0.29) is 12.2 Å². The Morgan fingerprint density at radius 2 is 1.54 bits per heavy atom. The van der Waals surface area contributed by atoms with Crippen LogP contribution in [-0.4, -0.2) is 22.4 Å². The van der Waals surface area contributed by atoms with Crippen molar-refractivity contribution >= 4 is 0 Å². The molecule has 0 fully saturated rings. The Kier molecular flexibility index (Phi) is 8.46. The van der Waals surface area contributed by atoms with E-state index < -0.39 is 0 Å². The Bertz CT molecular complexity index is 102. The number of aliphatic hydroxyl groups excluding tert-OH is 2. The average molecular weight is 188 g/mol. The molecule has 0 aromatic rings. The molecule has 0 aromatic heterocycles. The van der Waals surface area contributed by atoms with Gasteiger partial charge in [0.05, 0.1) is 12.2 Å². The Hall–Kier alpha value is -0.0800. The van der Waals surface area contributed by atoms with Crippen molar-refractivity contribution < 1.29 is 10.2 Å². The van der Waals surface area contributed by atoms with Gasteiger partial charge in [-0.15, -0.1) is 0 Å². The highest BCUT2D eigenvalue weighted by atomic mass is 16.3. The topological polar surface area (TPSA) is 40.5 Å². The van der Waals surface area contributed by atoms with Crippen LogP contribution in [0, 0.1) is 0 Å². The van der Waals surface area contributed by atoms with Crippen LogP contribution in [0.2, 0.25) is 0 Å². The van der Waals surface area contributed by atoms with Crippen LogP contribution in [0.15, 0.2) is 0 Å². The zero-order valence-electron chi connectivity index (χ0n) is 9.00. The van der Waals surface area contributed by atoms with E-state index >= 15 is 0 Å². The fourth-order valence-electron chi connectivity index (χ4n) is 1.42. The van der Waals surface area contributed by atoms with Crippen LogP contribution in [0.4, 0.5) is 0 Å². The summed E-state index contributed by atoms with van der Waals surface area (Å²) in [5.74, 6) is 0. The van der Waals surface area contributed by atoms with E-state index in [0.717, 1.165) is 32.1 Å². The van der Waals surface area contributed by atoms with E-state index in [4.69, 9.17) is 5.11 Å². The number of hydrogen-bond acceptors (Lipinski definition) is 2. The highest BCUT2D eigenvalue weighted by molar-refractivity contribution is 4.57. The lowest BCUT2D eigenvalue weighted by Crippen LogP contribution is -2.08. The minimum atomic E-state index is -0.220. The van der Waals surface area contributed by atoms with Gasteiger partial charge < -0.3 is 10.2 Å². The van der Waals surface area contributed by atoms with Crippen molar-refractivity contribution in [1.29, 1.82) is 0 Å². The van der Waals surface area contributed by atoms with Crippen LogP contribution in [0.3, 0.4) is 0 Å². The zero-order valence-corrected chi connectivity index (χ0v) is 9.00. The predicted octanol–water partition coefficient (Wildman–Crippen LogP) is 2.48. The fourth-order valence-corrected chi connectivity index (χ4v) is 1.42. The number of rotatable bonds is 8. The van der Waals surface area contributed by atoms with Crippen molar-refractivity contribution in [3.8, 4) is 0 Å². The van der Waals surface area contributed by atoms with Crippen LogP contribution in [-0.2, 0) is 0 Å². The van der Waals surface area contributed by atoms with Gasteiger partial charge in [-0.05, 0) is 32.6 Å². The van der Waals surface area contributed by atoms with E-state index in [9.17, 15) is 5.11 Å². The van der Waals surface area contributed by atoms with Crippen molar-refractivity contribution in [1.82, 2.24) is 0 Å². The summed E-state index contributed by atoms with van der Waals surface area (Å²) >= 11 is 0. The molecule has 0 heterocycles. The van der Waals surface area contributed by atoms with Crippen LogP contribution < -0.4 is 0 Å². The van der Waals surface area contributed by atoms with Crippen LogP contribution in [0.25, 0.3) is 0 Å². The lowest BCUT2D eigenvalue weighted by atomic mass is 10.0. The molecule has 0 rings (SSSR count). The second-order valence-electron chi connectivity index (χ2n) is 3.93. The van der Waals surface area contributed by atoms with E-state index in [2.05, 4.69) is 6.92 Å². The molecule has 0 spiro atoms. The van der Waals surface area contributed by atoms with Crippen molar-refractivity contribution in [2.75, 3.05) is 0 Å². The largest absolute Gasteiger partial charge is 0.393 e. The number of hydrogen-bond donors (Lipinski definition) is 2. The normalized spacial score (nSPS) is 15.7. The number of unbranched alkanes of at least 4 members (excludes halogenated alkanes) is 2. The molecule has 80 valence electrons. The Balaban J connectivity index is 3.15. The van der Waals surface area contributed by atoms with E-state index in [0.29, 0.717) is 0 Å². The molecule has 0 aromatic carbocycles. The SMILES string of the molecule is CCCCC[C@H](O)CCC[C@@H](C)O. The van der Waals surface area contributed by atoms with Crippen molar-refractivity contribution in [3.05, 3.63) is 0 Å². The molecule has 0 aliphatic carbocycles. The summed E-state index contributed by atoms with van der Waals surface area (Å²) in [6, 6.07) is 0. The van der Waals surface area contributed by atoms with Gasteiger partial charge in [0, 0.05) is 0 Å². The van der Waals surface area contributed by atoms with Gasteiger partial charge in [-0.2, -0.15) is 0 Å². The fraction of sp³-hybridized carbons (Fsp3) is 1.00. The molecule has 0 saturated heterocycles. The first-order chi connectivity index (χ1) is 6.16. The maximum atomic E-state index is 9.51. The molecule has 0 radical (unpaired) electrons. The smallest absolute Gasteiger partial charge is 0.0540 e. The molecular formula is C11H24O2. The average Bonchev–Trinajstić information content (AvgIpc) is 2.04. The number of aliphatic hydroxyl groups is 2. The lowest BCUT2D eigenvalue weighted by Gasteiger charge is -2.10. The van der Waals surface area contributed by atoms with Crippen molar-refractivity contribution in [2.45, 2.75) is 71.0 Å². The minimum Gasteiger partial charge on any atom is -0.393 e. The Morgan fingerprint density at radius 1 is 0.923 bits per heavy atom. The summed E-state index contributed by atoms with van der Waals surface area (Å²) in [7, 11) is 0. The summed E-state index contributed by atoms with van der Waals surface area (Å²) < 4.78 is 0. The third-order valence-corrected chi connectivity index (χ3v) is 2.30. The molecule has 2 heteroatoms. The van der Waals surface area contributed by atoms with Gasteiger partial charge in [-0.3, -0.25) is 0 Å². The highest BCUT2D eigenvalue weighted by Gasteiger charge is 2.04. The van der Waals surface area contributed by atoms with Crippen LogP contribution >= 0.6 is 0 Å². The standard InChI is InChI=1S/C11H24O2/c1-3-4-5-8-11(13)9-6-7-10(2)12/h10-13H,3-9H2,1-2H3/t10-,11+/m1/s1. The molecule has 0 aliphatic rings. The van der Waals surface area contributed by atoms with Crippen LogP contribution in [0.1, 0.15) is 58.8 Å². The van der Waals surface area contributed by atoms with Crippen molar-refractivity contribution in [2.24, 2.45) is 0 Å². The van der Waals surface area contributed by atoms with E-state index in [1.54, 1.807) is 6.92 Å². The van der Waals surface area contributed by atoms with Gasteiger partial charge in [0.1, 0.15) is 0 Å². The lowest BCUT2D eigenvalue weighted by molar-refractivity contribution is 0.133. The zero-order chi connectivity index (χ0) is 10.1. The third-order valence-electron chi connectivity index (χ3n) is 2.30. The van der Waals surface area contributed by atoms with E-state index in [1.807, 2.05) is 0 Å². The molecule has 0 aliphatic heterocycles. The Labute approximate surface area is 82.0 Å². The maximum Gasteiger partial charge on any atom is 0.0540 e. The molecular weight excluding hydrogens is 164 g/mol. The minimum absolute atomic E-state index is 0.148. The summed E-state index contributed by atoms with van der Waals surface area (Å²) in [5.41, 5.74) is 0.